The Hall–Kier alpha value is -5.08. The van der Waals surface area contributed by atoms with E-state index in [1.54, 1.807) is 0 Å². The Labute approximate surface area is 230 Å². The van der Waals surface area contributed by atoms with E-state index >= 15 is 0 Å². The van der Waals surface area contributed by atoms with E-state index < -0.39 is 0 Å². The largest absolute Gasteiger partial charge is 0.313 e. The molecule has 2 nitrogen and oxygen atoms in total. The predicted molar refractivity (Wildman–Crippen MR) is 170 cm³/mol. The normalized spacial score (nSPS) is 13.7. The molecule has 0 bridgehead atoms. The first-order valence-corrected chi connectivity index (χ1v) is 14.2. The number of aromatic nitrogens is 2. The van der Waals surface area contributed by atoms with E-state index in [2.05, 4.69) is 130 Å². The molecule has 9 aromatic rings. The maximum Gasteiger partial charge on any atom is 0.0622 e. The molecule has 0 unspecified atom stereocenters. The first-order chi connectivity index (χ1) is 19.8. The van der Waals surface area contributed by atoms with Crippen molar-refractivity contribution in [3.63, 3.8) is 0 Å². The van der Waals surface area contributed by atoms with E-state index in [0.29, 0.717) is 0 Å². The van der Waals surface area contributed by atoms with Gasteiger partial charge in [-0.2, -0.15) is 0 Å². The number of hydrogen-bond acceptors (Lipinski definition) is 0. The summed E-state index contributed by atoms with van der Waals surface area (Å²) in [4.78, 5) is 0. The molecule has 0 radical (unpaired) electrons. The Morgan fingerprint density at radius 1 is 0.500 bits per heavy atom. The Morgan fingerprint density at radius 2 is 1.07 bits per heavy atom. The molecule has 1 aliphatic rings. The van der Waals surface area contributed by atoms with Crippen LogP contribution >= 0.6 is 0 Å². The van der Waals surface area contributed by atoms with Crippen LogP contribution in [0.2, 0.25) is 0 Å². The molecule has 2 heteroatoms. The molecule has 0 amide bonds. The first kappa shape index (κ1) is 20.8. The third-order valence-electron chi connectivity index (χ3n) is 9.21. The van der Waals surface area contributed by atoms with Crippen LogP contribution in [-0.4, -0.2) is 8.97 Å². The van der Waals surface area contributed by atoms with Gasteiger partial charge in [-0.3, -0.25) is 0 Å². The lowest BCUT2D eigenvalue weighted by Crippen LogP contribution is -2.03. The SMILES string of the molecule is C1=Cc2c(n(-c3cc4c5cc6ccccc6cc5n5c6cc7ccccc7cc6c(c3)c45)c3ccccc23)CC1. The summed E-state index contributed by atoms with van der Waals surface area (Å²) in [5.74, 6) is 0. The van der Waals surface area contributed by atoms with Gasteiger partial charge in [0.2, 0.25) is 0 Å². The zero-order valence-corrected chi connectivity index (χ0v) is 21.9. The summed E-state index contributed by atoms with van der Waals surface area (Å²) in [7, 11) is 0. The van der Waals surface area contributed by atoms with E-state index in [1.165, 1.54) is 87.5 Å². The van der Waals surface area contributed by atoms with Crippen LogP contribution in [0.4, 0.5) is 0 Å². The highest BCUT2D eigenvalue weighted by Gasteiger charge is 2.23. The molecule has 0 spiro atoms. The molecule has 40 heavy (non-hydrogen) atoms. The second kappa shape index (κ2) is 7.31. The van der Waals surface area contributed by atoms with E-state index in [-0.39, 0.29) is 0 Å². The van der Waals surface area contributed by atoms with Gasteiger partial charge in [-0.25, -0.2) is 0 Å². The molecule has 10 rings (SSSR count). The fraction of sp³-hybridized carbons (Fsp3) is 0.0526. The molecule has 0 saturated carbocycles. The fourth-order valence-electron chi connectivity index (χ4n) is 7.49. The molecule has 0 atom stereocenters. The molecule has 186 valence electrons. The topological polar surface area (TPSA) is 9.34 Å². The van der Waals surface area contributed by atoms with Crippen molar-refractivity contribution in [2.75, 3.05) is 0 Å². The predicted octanol–water partition coefficient (Wildman–Crippen LogP) is 10.0. The smallest absolute Gasteiger partial charge is 0.0622 e. The minimum atomic E-state index is 1.06. The first-order valence-electron chi connectivity index (χ1n) is 14.2. The van der Waals surface area contributed by atoms with Gasteiger partial charge in [-0.05, 0) is 76.9 Å². The highest BCUT2D eigenvalue weighted by Crippen LogP contribution is 2.44. The van der Waals surface area contributed by atoms with Crippen LogP contribution in [0.15, 0.2) is 115 Å². The molecule has 6 aromatic carbocycles. The lowest BCUT2D eigenvalue weighted by molar-refractivity contribution is 0.890. The number of rotatable bonds is 1. The van der Waals surface area contributed by atoms with Crippen molar-refractivity contribution in [2.45, 2.75) is 12.8 Å². The van der Waals surface area contributed by atoms with E-state index in [1.807, 2.05) is 0 Å². The zero-order chi connectivity index (χ0) is 25.9. The summed E-state index contributed by atoms with van der Waals surface area (Å²) in [6, 6.07) is 40.8. The summed E-state index contributed by atoms with van der Waals surface area (Å²) >= 11 is 0. The van der Waals surface area contributed by atoms with Crippen molar-refractivity contribution in [1.82, 2.24) is 8.97 Å². The van der Waals surface area contributed by atoms with Gasteiger partial charge in [0, 0.05) is 43.9 Å². The Balaban J connectivity index is 1.44. The molecule has 1 aliphatic carbocycles. The summed E-state index contributed by atoms with van der Waals surface area (Å²) in [5.41, 5.74) is 9.22. The van der Waals surface area contributed by atoms with Gasteiger partial charge in [0.25, 0.3) is 0 Å². The number of allylic oxidation sites excluding steroid dienone is 1. The molecule has 3 aromatic heterocycles. The molecule has 0 saturated heterocycles. The molecular weight excluding hydrogens is 484 g/mol. The fourth-order valence-corrected chi connectivity index (χ4v) is 7.49. The van der Waals surface area contributed by atoms with E-state index in [9.17, 15) is 0 Å². The molecule has 3 heterocycles. The van der Waals surface area contributed by atoms with Crippen molar-refractivity contribution in [3.8, 4) is 5.69 Å². The summed E-state index contributed by atoms with van der Waals surface area (Å²) in [6.45, 7) is 0. The van der Waals surface area contributed by atoms with Crippen molar-refractivity contribution in [1.29, 1.82) is 0 Å². The number of para-hydroxylation sites is 1. The minimum Gasteiger partial charge on any atom is -0.313 e. The minimum absolute atomic E-state index is 1.06. The van der Waals surface area contributed by atoms with Crippen LogP contribution in [0.5, 0.6) is 0 Å². The van der Waals surface area contributed by atoms with Crippen LogP contribution in [-0.2, 0) is 6.42 Å². The maximum absolute atomic E-state index is 2.54. The highest BCUT2D eigenvalue weighted by atomic mass is 15.0. The van der Waals surface area contributed by atoms with Crippen LogP contribution in [0.25, 0.3) is 82.3 Å². The average molecular weight is 509 g/mol. The van der Waals surface area contributed by atoms with Crippen LogP contribution < -0.4 is 0 Å². The number of hydrogen-bond donors (Lipinski definition) is 0. The van der Waals surface area contributed by atoms with Crippen LogP contribution in [0, 0.1) is 0 Å². The lowest BCUT2D eigenvalue weighted by Gasteiger charge is -2.14. The summed E-state index contributed by atoms with van der Waals surface area (Å²) in [6.07, 6.45) is 6.79. The van der Waals surface area contributed by atoms with Crippen molar-refractivity contribution >= 4 is 76.6 Å². The van der Waals surface area contributed by atoms with E-state index in [4.69, 9.17) is 0 Å². The third kappa shape index (κ3) is 2.54. The number of fused-ring (bicyclic) bond motifs is 11. The third-order valence-corrected chi connectivity index (χ3v) is 9.21. The Morgan fingerprint density at radius 3 is 1.73 bits per heavy atom. The van der Waals surface area contributed by atoms with Gasteiger partial charge >= 0.3 is 0 Å². The van der Waals surface area contributed by atoms with Gasteiger partial charge in [-0.15, -0.1) is 0 Å². The number of benzene rings is 6. The van der Waals surface area contributed by atoms with Crippen LogP contribution in [0.3, 0.4) is 0 Å². The standard InChI is InChI=1S/C38H24N2/c1-3-11-25-19-36-30(17-23(25)9-1)32-21-27(39-34-15-7-5-13-28(34)29-14-6-8-16-35(29)39)22-33-31-18-24-10-2-4-12-26(24)20-37(31)40(36)38(32)33/h1-7,9-15,17-22H,8,16H2. The highest BCUT2D eigenvalue weighted by molar-refractivity contribution is 6.26. The Bertz CT molecular complexity index is 2410. The quantitative estimate of drug-likeness (QED) is 0.209. The molecule has 0 N–H and O–H groups in total. The number of nitrogens with zero attached hydrogens (tertiary/aromatic N) is 2. The average Bonchev–Trinajstić information content (AvgIpc) is 3.63. The second-order valence-electron chi connectivity index (χ2n) is 11.3. The van der Waals surface area contributed by atoms with Crippen molar-refractivity contribution in [3.05, 3.63) is 127 Å². The van der Waals surface area contributed by atoms with Gasteiger partial charge < -0.3 is 8.97 Å². The van der Waals surface area contributed by atoms with Gasteiger partial charge in [0.05, 0.1) is 22.1 Å². The van der Waals surface area contributed by atoms with Gasteiger partial charge in [-0.1, -0.05) is 78.9 Å². The monoisotopic (exact) mass is 508 g/mol. The molecule has 0 aliphatic heterocycles. The zero-order valence-electron chi connectivity index (χ0n) is 21.9. The maximum atomic E-state index is 2.54. The van der Waals surface area contributed by atoms with Gasteiger partial charge in [0.1, 0.15) is 0 Å². The van der Waals surface area contributed by atoms with E-state index in [0.717, 1.165) is 12.8 Å². The van der Waals surface area contributed by atoms with Crippen molar-refractivity contribution in [2.24, 2.45) is 0 Å². The lowest BCUT2D eigenvalue weighted by atomic mass is 10.0. The Kier molecular flexibility index (Phi) is 3.81. The van der Waals surface area contributed by atoms with Gasteiger partial charge in [0.15, 0.2) is 0 Å². The van der Waals surface area contributed by atoms with Crippen molar-refractivity contribution < 1.29 is 0 Å². The molecule has 0 fully saturated rings. The summed E-state index contributed by atoms with van der Waals surface area (Å²) < 4.78 is 5.05. The molecular formula is C38H24N2. The summed E-state index contributed by atoms with van der Waals surface area (Å²) in [5, 5.41) is 11.8. The second-order valence-corrected chi connectivity index (χ2v) is 11.3. The van der Waals surface area contributed by atoms with Crippen LogP contribution in [0.1, 0.15) is 17.7 Å².